The van der Waals surface area contributed by atoms with Crippen molar-refractivity contribution in [2.75, 3.05) is 26.9 Å². The van der Waals surface area contributed by atoms with Gasteiger partial charge in [-0.25, -0.2) is 4.79 Å². The number of nitrogens with one attached hydrogen (secondary N) is 1. The molecule has 1 saturated heterocycles. The second-order valence-electron chi connectivity index (χ2n) is 5.79. The molecule has 25 heavy (non-hydrogen) atoms. The van der Waals surface area contributed by atoms with E-state index in [-0.39, 0.29) is 5.91 Å². The van der Waals surface area contributed by atoms with Crippen molar-refractivity contribution in [3.63, 3.8) is 0 Å². The lowest BCUT2D eigenvalue weighted by Crippen LogP contribution is -2.48. The molecule has 1 amide bonds. The largest absolute Gasteiger partial charge is 0.466 e. The predicted molar refractivity (Wildman–Crippen MR) is 97.0 cm³/mol. The zero-order valence-electron chi connectivity index (χ0n) is 14.0. The Morgan fingerprint density at radius 2 is 2.04 bits per heavy atom. The highest BCUT2D eigenvalue weighted by molar-refractivity contribution is 6.35. The Bertz CT molecular complexity index is 654. The SMILES string of the molecule is COC(=O)/C=C/CCNC(=O)C1(c2ccc(Cl)cc2Cl)CCOCC1. The lowest BCUT2D eigenvalue weighted by molar-refractivity contribution is -0.134. The first-order valence-corrected chi connectivity index (χ1v) is 8.81. The van der Waals surface area contributed by atoms with Gasteiger partial charge in [-0.1, -0.05) is 35.3 Å². The molecule has 1 aromatic carbocycles. The minimum Gasteiger partial charge on any atom is -0.466 e. The summed E-state index contributed by atoms with van der Waals surface area (Å²) in [6.07, 6.45) is 4.64. The molecule has 5 nitrogen and oxygen atoms in total. The minimum atomic E-state index is -0.730. The Labute approximate surface area is 157 Å². The number of hydrogen-bond donors (Lipinski definition) is 1. The van der Waals surface area contributed by atoms with Gasteiger partial charge in [-0.05, 0) is 37.0 Å². The van der Waals surface area contributed by atoms with Crippen LogP contribution in [-0.4, -0.2) is 38.7 Å². The third kappa shape index (κ3) is 4.97. The molecule has 0 bridgehead atoms. The van der Waals surface area contributed by atoms with Gasteiger partial charge in [-0.15, -0.1) is 0 Å². The zero-order valence-corrected chi connectivity index (χ0v) is 15.5. The van der Waals surface area contributed by atoms with Crippen molar-refractivity contribution >= 4 is 35.1 Å². The minimum absolute atomic E-state index is 0.0912. The van der Waals surface area contributed by atoms with E-state index in [9.17, 15) is 9.59 Å². The van der Waals surface area contributed by atoms with Crippen molar-refractivity contribution in [3.05, 3.63) is 46.0 Å². The van der Waals surface area contributed by atoms with Gasteiger partial charge in [0.05, 0.1) is 12.5 Å². The van der Waals surface area contributed by atoms with E-state index in [0.717, 1.165) is 5.56 Å². The molecule has 0 atom stereocenters. The fraction of sp³-hybridized carbons (Fsp3) is 0.444. The van der Waals surface area contributed by atoms with Gasteiger partial charge >= 0.3 is 5.97 Å². The number of halogens is 2. The van der Waals surface area contributed by atoms with E-state index in [2.05, 4.69) is 10.1 Å². The summed E-state index contributed by atoms with van der Waals surface area (Å²) in [4.78, 5) is 24.0. The fourth-order valence-corrected chi connectivity index (χ4v) is 3.49. The molecule has 1 heterocycles. The van der Waals surface area contributed by atoms with E-state index in [1.54, 1.807) is 18.2 Å². The summed E-state index contributed by atoms with van der Waals surface area (Å²) in [5.41, 5.74) is 0.0379. The second-order valence-corrected chi connectivity index (χ2v) is 6.63. The van der Waals surface area contributed by atoms with Crippen molar-refractivity contribution < 1.29 is 19.1 Å². The molecule has 1 aliphatic heterocycles. The maximum atomic E-state index is 12.9. The maximum absolute atomic E-state index is 12.9. The third-order valence-corrected chi connectivity index (χ3v) is 4.83. The highest BCUT2D eigenvalue weighted by Gasteiger charge is 2.42. The van der Waals surface area contributed by atoms with Gasteiger partial charge in [0.15, 0.2) is 0 Å². The van der Waals surface area contributed by atoms with Crippen molar-refractivity contribution in [1.29, 1.82) is 0 Å². The Hall–Kier alpha value is -1.56. The number of methoxy groups -OCH3 is 1. The Kier molecular flexibility index (Phi) is 7.29. The Morgan fingerprint density at radius 3 is 2.68 bits per heavy atom. The van der Waals surface area contributed by atoms with Gasteiger partial charge in [0.1, 0.15) is 0 Å². The molecular weight excluding hydrogens is 365 g/mol. The molecule has 0 spiro atoms. The molecule has 1 aliphatic rings. The standard InChI is InChI=1S/C18H21Cl2NO4/c1-24-16(22)4-2-3-9-21-17(23)18(7-10-25-11-8-18)14-6-5-13(19)12-15(14)20/h2,4-6,12H,3,7-11H2,1H3,(H,21,23)/b4-2+. The van der Waals surface area contributed by atoms with E-state index in [1.807, 2.05) is 6.07 Å². The molecule has 1 N–H and O–H groups in total. The predicted octanol–water partition coefficient (Wildman–Crippen LogP) is 3.28. The summed E-state index contributed by atoms with van der Waals surface area (Å²) in [6.45, 7) is 1.41. The van der Waals surface area contributed by atoms with Crippen LogP contribution in [0.15, 0.2) is 30.4 Å². The number of amides is 1. The fourth-order valence-electron chi connectivity index (χ4n) is 2.90. The average Bonchev–Trinajstić information content (AvgIpc) is 2.61. The number of hydrogen-bond acceptors (Lipinski definition) is 4. The van der Waals surface area contributed by atoms with Crippen LogP contribution in [-0.2, 0) is 24.5 Å². The van der Waals surface area contributed by atoms with Crippen molar-refractivity contribution in [3.8, 4) is 0 Å². The van der Waals surface area contributed by atoms with Gasteiger partial charge in [0.25, 0.3) is 0 Å². The molecule has 136 valence electrons. The molecule has 0 radical (unpaired) electrons. The summed E-state index contributed by atoms with van der Waals surface area (Å²) in [7, 11) is 1.32. The summed E-state index contributed by atoms with van der Waals surface area (Å²) < 4.78 is 9.95. The zero-order chi connectivity index (χ0) is 18.3. The van der Waals surface area contributed by atoms with Crippen molar-refractivity contribution in [1.82, 2.24) is 5.32 Å². The van der Waals surface area contributed by atoms with Gasteiger partial charge in [-0.2, -0.15) is 0 Å². The number of esters is 1. The van der Waals surface area contributed by atoms with E-state index in [0.29, 0.717) is 49.1 Å². The lowest BCUT2D eigenvalue weighted by atomic mass is 9.73. The van der Waals surface area contributed by atoms with E-state index in [1.165, 1.54) is 13.2 Å². The number of ether oxygens (including phenoxy) is 2. The molecule has 0 aliphatic carbocycles. The molecule has 0 aromatic heterocycles. The first kappa shape index (κ1) is 19.8. The molecule has 0 saturated carbocycles. The van der Waals surface area contributed by atoms with Crippen LogP contribution in [0.4, 0.5) is 0 Å². The highest BCUT2D eigenvalue weighted by atomic mass is 35.5. The maximum Gasteiger partial charge on any atom is 0.330 e. The second kappa shape index (κ2) is 9.22. The van der Waals surface area contributed by atoms with E-state index >= 15 is 0 Å². The molecular formula is C18H21Cl2NO4. The first-order chi connectivity index (χ1) is 12.0. The van der Waals surface area contributed by atoms with Crippen LogP contribution >= 0.6 is 23.2 Å². The number of carbonyl (C=O) groups is 2. The van der Waals surface area contributed by atoms with Crippen LogP contribution in [0.25, 0.3) is 0 Å². The van der Waals surface area contributed by atoms with Crippen molar-refractivity contribution in [2.45, 2.75) is 24.7 Å². The topological polar surface area (TPSA) is 64.6 Å². The monoisotopic (exact) mass is 385 g/mol. The van der Waals surface area contributed by atoms with Gasteiger partial charge in [0.2, 0.25) is 5.91 Å². The quantitative estimate of drug-likeness (QED) is 0.463. The smallest absolute Gasteiger partial charge is 0.330 e. The summed E-state index contributed by atoms with van der Waals surface area (Å²) in [5.74, 6) is -0.508. The van der Waals surface area contributed by atoms with Crippen LogP contribution in [0.1, 0.15) is 24.8 Å². The average molecular weight is 386 g/mol. The van der Waals surface area contributed by atoms with Crippen LogP contribution in [0.2, 0.25) is 10.0 Å². The molecule has 1 aromatic rings. The molecule has 0 unspecified atom stereocenters. The summed E-state index contributed by atoms with van der Waals surface area (Å²) in [5, 5.41) is 3.95. The van der Waals surface area contributed by atoms with Gasteiger partial charge in [-0.3, -0.25) is 4.79 Å². The normalized spacial score (nSPS) is 16.6. The molecule has 2 rings (SSSR count). The van der Waals surface area contributed by atoms with Crippen LogP contribution in [0.5, 0.6) is 0 Å². The first-order valence-electron chi connectivity index (χ1n) is 8.05. The number of carbonyl (C=O) groups excluding carboxylic acids is 2. The van der Waals surface area contributed by atoms with Gasteiger partial charge < -0.3 is 14.8 Å². The highest BCUT2D eigenvalue weighted by Crippen LogP contribution is 2.39. The summed E-state index contributed by atoms with van der Waals surface area (Å²) in [6, 6.07) is 5.21. The van der Waals surface area contributed by atoms with Crippen LogP contribution in [0, 0.1) is 0 Å². The molecule has 1 fully saturated rings. The summed E-state index contributed by atoms with van der Waals surface area (Å²) >= 11 is 12.3. The number of benzene rings is 1. The van der Waals surface area contributed by atoms with E-state index < -0.39 is 11.4 Å². The lowest BCUT2D eigenvalue weighted by Gasteiger charge is -2.36. The number of rotatable bonds is 6. The van der Waals surface area contributed by atoms with E-state index in [4.69, 9.17) is 27.9 Å². The molecule has 7 heteroatoms. The van der Waals surface area contributed by atoms with Crippen LogP contribution < -0.4 is 5.32 Å². The Balaban J connectivity index is 2.10. The van der Waals surface area contributed by atoms with Crippen molar-refractivity contribution in [2.24, 2.45) is 0 Å². The van der Waals surface area contributed by atoms with Crippen LogP contribution in [0.3, 0.4) is 0 Å². The van der Waals surface area contributed by atoms with Gasteiger partial charge in [0, 0.05) is 35.9 Å². The Morgan fingerprint density at radius 1 is 1.32 bits per heavy atom. The third-order valence-electron chi connectivity index (χ3n) is 4.28.